The molecule has 0 aromatic heterocycles. The third kappa shape index (κ3) is 8.29. The minimum atomic E-state index is 0.849. The van der Waals surface area contributed by atoms with Crippen LogP contribution in [0.2, 0.25) is 0 Å². The van der Waals surface area contributed by atoms with E-state index in [-0.39, 0.29) is 0 Å². The Hall–Kier alpha value is -0.0400. The molecule has 0 bridgehead atoms. The van der Waals surface area contributed by atoms with Crippen LogP contribution in [0.1, 0.15) is 53.4 Å². The molecule has 0 saturated heterocycles. The molecule has 1 N–H and O–H groups in total. The summed E-state index contributed by atoms with van der Waals surface area (Å²) < 4.78 is 0. The Morgan fingerprint density at radius 3 is 2.23 bits per heavy atom. The molecular formula is C12H27N. The van der Waals surface area contributed by atoms with E-state index in [1.54, 1.807) is 0 Å². The maximum Gasteiger partial charge on any atom is -0.00232 e. The summed E-state index contributed by atoms with van der Waals surface area (Å²) in [5.41, 5.74) is 0. The summed E-state index contributed by atoms with van der Waals surface area (Å²) in [4.78, 5) is 0. The molecule has 1 unspecified atom stereocenters. The first-order chi connectivity index (χ1) is 6.20. The molecule has 1 heteroatoms. The van der Waals surface area contributed by atoms with Gasteiger partial charge in [0.15, 0.2) is 0 Å². The molecule has 2 atom stereocenters. The maximum atomic E-state index is 3.54. The molecule has 1 nitrogen and oxygen atoms in total. The van der Waals surface area contributed by atoms with Crippen molar-refractivity contribution in [2.75, 3.05) is 13.1 Å². The monoisotopic (exact) mass is 185 g/mol. The standard InChI is InChI=1S/C12H27N/c1-5-7-12(4)10-13-9-8-11(3)6-2/h11-13H,5-10H2,1-4H3/t11?,12-/m0/s1. The van der Waals surface area contributed by atoms with E-state index in [1.165, 1.54) is 38.8 Å². The second kappa shape index (κ2) is 8.55. The molecule has 0 radical (unpaired) electrons. The van der Waals surface area contributed by atoms with Gasteiger partial charge in [0.25, 0.3) is 0 Å². The van der Waals surface area contributed by atoms with Gasteiger partial charge in [-0.2, -0.15) is 0 Å². The Morgan fingerprint density at radius 1 is 1.00 bits per heavy atom. The summed E-state index contributed by atoms with van der Waals surface area (Å²) in [5.74, 6) is 1.73. The van der Waals surface area contributed by atoms with Gasteiger partial charge < -0.3 is 5.32 Å². The van der Waals surface area contributed by atoms with Gasteiger partial charge in [-0.15, -0.1) is 0 Å². The van der Waals surface area contributed by atoms with E-state index < -0.39 is 0 Å². The topological polar surface area (TPSA) is 12.0 Å². The van der Waals surface area contributed by atoms with Crippen molar-refractivity contribution in [3.8, 4) is 0 Å². The zero-order chi connectivity index (χ0) is 10.1. The van der Waals surface area contributed by atoms with E-state index in [4.69, 9.17) is 0 Å². The SMILES string of the molecule is CCC[C@H](C)CNCCC(C)CC. The smallest absolute Gasteiger partial charge is 0.00232 e. The van der Waals surface area contributed by atoms with Gasteiger partial charge in [0.1, 0.15) is 0 Å². The Morgan fingerprint density at radius 2 is 1.69 bits per heavy atom. The normalized spacial score (nSPS) is 15.7. The van der Waals surface area contributed by atoms with E-state index in [2.05, 4.69) is 33.0 Å². The van der Waals surface area contributed by atoms with Crippen molar-refractivity contribution in [3.63, 3.8) is 0 Å². The van der Waals surface area contributed by atoms with Gasteiger partial charge in [0.2, 0.25) is 0 Å². The summed E-state index contributed by atoms with van der Waals surface area (Å²) >= 11 is 0. The zero-order valence-electron chi connectivity index (χ0n) is 9.90. The molecule has 0 aliphatic rings. The molecule has 13 heavy (non-hydrogen) atoms. The molecule has 0 heterocycles. The molecule has 0 aliphatic carbocycles. The minimum absolute atomic E-state index is 0.849. The van der Waals surface area contributed by atoms with E-state index >= 15 is 0 Å². The molecule has 0 fully saturated rings. The lowest BCUT2D eigenvalue weighted by Gasteiger charge is -2.13. The van der Waals surface area contributed by atoms with Crippen LogP contribution in [-0.2, 0) is 0 Å². The summed E-state index contributed by atoms with van der Waals surface area (Å²) in [7, 11) is 0. The van der Waals surface area contributed by atoms with E-state index in [9.17, 15) is 0 Å². The Bertz CT molecular complexity index is 101. The Kier molecular flexibility index (Phi) is 8.53. The predicted octanol–water partition coefficient (Wildman–Crippen LogP) is 3.45. The summed E-state index contributed by atoms with van der Waals surface area (Å²) in [6.07, 6.45) is 5.31. The highest BCUT2D eigenvalue weighted by molar-refractivity contribution is 4.58. The summed E-state index contributed by atoms with van der Waals surface area (Å²) in [6.45, 7) is 11.6. The summed E-state index contributed by atoms with van der Waals surface area (Å²) in [6, 6.07) is 0. The first-order valence-corrected chi connectivity index (χ1v) is 5.91. The minimum Gasteiger partial charge on any atom is -0.316 e. The first-order valence-electron chi connectivity index (χ1n) is 5.91. The molecule has 80 valence electrons. The fraction of sp³-hybridized carbons (Fsp3) is 1.00. The van der Waals surface area contributed by atoms with Crippen molar-refractivity contribution >= 4 is 0 Å². The third-order valence-corrected chi connectivity index (χ3v) is 2.79. The molecule has 0 aromatic carbocycles. The van der Waals surface area contributed by atoms with Crippen molar-refractivity contribution in [2.24, 2.45) is 11.8 Å². The fourth-order valence-corrected chi connectivity index (χ4v) is 1.50. The number of hydrogen-bond donors (Lipinski definition) is 1. The molecule has 0 rings (SSSR count). The lowest BCUT2D eigenvalue weighted by atomic mass is 10.0. The fourth-order valence-electron chi connectivity index (χ4n) is 1.50. The molecular weight excluding hydrogens is 158 g/mol. The van der Waals surface area contributed by atoms with Crippen molar-refractivity contribution in [1.82, 2.24) is 5.32 Å². The largest absolute Gasteiger partial charge is 0.316 e. The van der Waals surface area contributed by atoms with Gasteiger partial charge in [0.05, 0.1) is 0 Å². The van der Waals surface area contributed by atoms with Crippen molar-refractivity contribution in [3.05, 3.63) is 0 Å². The first kappa shape index (κ1) is 13.0. The highest BCUT2D eigenvalue weighted by atomic mass is 14.8. The van der Waals surface area contributed by atoms with Crippen LogP contribution >= 0.6 is 0 Å². The Labute approximate surface area is 84.3 Å². The quantitative estimate of drug-likeness (QED) is 0.571. The van der Waals surface area contributed by atoms with Crippen LogP contribution in [0.3, 0.4) is 0 Å². The van der Waals surface area contributed by atoms with Crippen LogP contribution in [0.25, 0.3) is 0 Å². The average Bonchev–Trinajstić information content (AvgIpc) is 2.12. The molecule has 0 aromatic rings. The average molecular weight is 185 g/mol. The molecule has 0 amide bonds. The third-order valence-electron chi connectivity index (χ3n) is 2.79. The van der Waals surface area contributed by atoms with Crippen LogP contribution in [0.15, 0.2) is 0 Å². The maximum absolute atomic E-state index is 3.54. The highest BCUT2D eigenvalue weighted by Gasteiger charge is 2.01. The van der Waals surface area contributed by atoms with Crippen molar-refractivity contribution in [1.29, 1.82) is 0 Å². The number of nitrogens with one attached hydrogen (secondary N) is 1. The van der Waals surface area contributed by atoms with E-state index in [0.29, 0.717) is 0 Å². The van der Waals surface area contributed by atoms with Crippen LogP contribution in [0.5, 0.6) is 0 Å². The zero-order valence-corrected chi connectivity index (χ0v) is 9.90. The molecule has 0 aliphatic heterocycles. The number of hydrogen-bond acceptors (Lipinski definition) is 1. The predicted molar refractivity (Wildman–Crippen MR) is 61.0 cm³/mol. The van der Waals surface area contributed by atoms with Crippen LogP contribution in [-0.4, -0.2) is 13.1 Å². The van der Waals surface area contributed by atoms with Gasteiger partial charge in [-0.1, -0.05) is 40.5 Å². The van der Waals surface area contributed by atoms with Crippen LogP contribution < -0.4 is 5.32 Å². The van der Waals surface area contributed by atoms with E-state index in [0.717, 1.165) is 11.8 Å². The van der Waals surface area contributed by atoms with Gasteiger partial charge in [0, 0.05) is 0 Å². The summed E-state index contributed by atoms with van der Waals surface area (Å²) in [5, 5.41) is 3.54. The number of rotatable bonds is 8. The van der Waals surface area contributed by atoms with Gasteiger partial charge >= 0.3 is 0 Å². The van der Waals surface area contributed by atoms with Gasteiger partial charge in [-0.3, -0.25) is 0 Å². The van der Waals surface area contributed by atoms with Crippen LogP contribution in [0, 0.1) is 11.8 Å². The lowest BCUT2D eigenvalue weighted by molar-refractivity contribution is 0.439. The molecule has 0 saturated carbocycles. The lowest BCUT2D eigenvalue weighted by Crippen LogP contribution is -2.23. The van der Waals surface area contributed by atoms with Crippen LogP contribution in [0.4, 0.5) is 0 Å². The molecule has 0 spiro atoms. The highest BCUT2D eigenvalue weighted by Crippen LogP contribution is 2.05. The second-order valence-electron chi connectivity index (χ2n) is 4.40. The van der Waals surface area contributed by atoms with Crippen molar-refractivity contribution < 1.29 is 0 Å². The second-order valence-corrected chi connectivity index (χ2v) is 4.40. The van der Waals surface area contributed by atoms with E-state index in [1.807, 2.05) is 0 Å². The van der Waals surface area contributed by atoms with Gasteiger partial charge in [-0.25, -0.2) is 0 Å². The van der Waals surface area contributed by atoms with Gasteiger partial charge in [-0.05, 0) is 37.8 Å². The Balaban J connectivity index is 3.15. The van der Waals surface area contributed by atoms with Crippen molar-refractivity contribution in [2.45, 2.75) is 53.4 Å².